The third kappa shape index (κ3) is 3.14. The van der Waals surface area contributed by atoms with Crippen molar-refractivity contribution in [2.45, 2.75) is 37.6 Å². The fourth-order valence-electron chi connectivity index (χ4n) is 2.38. The second-order valence-electron chi connectivity index (χ2n) is 5.23. The highest BCUT2D eigenvalue weighted by molar-refractivity contribution is 8.00. The van der Waals surface area contributed by atoms with Crippen LogP contribution >= 0.6 is 11.8 Å². The van der Waals surface area contributed by atoms with Gasteiger partial charge in [0.15, 0.2) is 5.65 Å². The van der Waals surface area contributed by atoms with Gasteiger partial charge in [-0.15, -0.1) is 10.2 Å². The van der Waals surface area contributed by atoms with Gasteiger partial charge in [0.05, 0.1) is 6.61 Å². The summed E-state index contributed by atoms with van der Waals surface area (Å²) >= 11 is 1.29. The lowest BCUT2D eigenvalue weighted by molar-refractivity contribution is -0.142. The van der Waals surface area contributed by atoms with E-state index in [9.17, 15) is 4.79 Å². The molecule has 3 aromatic rings. The van der Waals surface area contributed by atoms with Gasteiger partial charge in [-0.3, -0.25) is 4.79 Å². The van der Waals surface area contributed by atoms with Crippen molar-refractivity contribution in [3.63, 3.8) is 0 Å². The molecule has 0 bridgehead atoms. The summed E-state index contributed by atoms with van der Waals surface area (Å²) in [5.41, 5.74) is 3.57. The summed E-state index contributed by atoms with van der Waals surface area (Å²) in [5.74, 6) is -0.240. The van der Waals surface area contributed by atoms with Crippen LogP contribution in [0.5, 0.6) is 0 Å². The number of esters is 1. The molecule has 1 N–H and O–H groups in total. The first-order valence-electron chi connectivity index (χ1n) is 7.58. The van der Waals surface area contributed by atoms with E-state index in [1.54, 1.807) is 6.92 Å². The Morgan fingerprint density at radius 3 is 2.91 bits per heavy atom. The molecule has 0 spiro atoms. The maximum Gasteiger partial charge on any atom is 0.319 e. The molecule has 0 saturated carbocycles. The van der Waals surface area contributed by atoms with E-state index in [0.717, 1.165) is 22.0 Å². The summed E-state index contributed by atoms with van der Waals surface area (Å²) in [5, 5.41) is 9.61. The molecule has 120 valence electrons. The van der Waals surface area contributed by atoms with E-state index in [-0.39, 0.29) is 11.2 Å². The second-order valence-corrected chi connectivity index (χ2v) is 6.40. The number of nitrogens with one attached hydrogen (secondary N) is 1. The number of carbonyl (C=O) groups excluding carboxylic acids is 1. The van der Waals surface area contributed by atoms with Crippen molar-refractivity contribution in [3.8, 4) is 0 Å². The fraction of sp³-hybridized carbons (Fsp3) is 0.375. The number of benzene rings is 1. The highest BCUT2D eigenvalue weighted by Crippen LogP contribution is 2.27. The molecule has 0 saturated heterocycles. The topological polar surface area (TPSA) is 80.8 Å². The molecule has 0 aliphatic carbocycles. The number of aromatic nitrogens is 4. The molecule has 3 rings (SSSR count). The minimum Gasteiger partial charge on any atom is -0.465 e. The predicted octanol–water partition coefficient (Wildman–Crippen LogP) is 3.25. The summed E-state index contributed by atoms with van der Waals surface area (Å²) < 4.78 is 5.07. The maximum absolute atomic E-state index is 11.9. The summed E-state index contributed by atoms with van der Waals surface area (Å²) in [4.78, 5) is 19.6. The van der Waals surface area contributed by atoms with Gasteiger partial charge in [0, 0.05) is 10.9 Å². The van der Waals surface area contributed by atoms with Gasteiger partial charge in [0.2, 0.25) is 5.16 Å². The number of ether oxygens (including phenoxy) is 1. The van der Waals surface area contributed by atoms with Gasteiger partial charge < -0.3 is 9.72 Å². The maximum atomic E-state index is 11.9. The number of hydrogen-bond acceptors (Lipinski definition) is 6. The van der Waals surface area contributed by atoms with Crippen LogP contribution in [0.25, 0.3) is 22.1 Å². The van der Waals surface area contributed by atoms with Gasteiger partial charge >= 0.3 is 5.97 Å². The lowest BCUT2D eigenvalue weighted by Gasteiger charge is -2.11. The van der Waals surface area contributed by atoms with Gasteiger partial charge in [0.25, 0.3) is 0 Å². The Bertz CT molecular complexity index is 862. The fourth-order valence-corrected chi connectivity index (χ4v) is 3.20. The first-order valence-corrected chi connectivity index (χ1v) is 8.46. The van der Waals surface area contributed by atoms with Crippen LogP contribution < -0.4 is 0 Å². The molecule has 1 atom stereocenters. The molecular formula is C16H18N4O2S. The number of carbonyl (C=O) groups is 1. The molecule has 0 amide bonds. The van der Waals surface area contributed by atoms with Crippen LogP contribution in [0.15, 0.2) is 23.4 Å². The predicted molar refractivity (Wildman–Crippen MR) is 90.5 cm³/mol. The largest absolute Gasteiger partial charge is 0.465 e. The average Bonchev–Trinajstić information content (AvgIpc) is 2.89. The van der Waals surface area contributed by atoms with E-state index in [1.165, 1.54) is 11.8 Å². The first kappa shape index (κ1) is 15.7. The van der Waals surface area contributed by atoms with Crippen molar-refractivity contribution in [1.29, 1.82) is 0 Å². The molecule has 1 aromatic carbocycles. The van der Waals surface area contributed by atoms with Gasteiger partial charge in [-0.1, -0.05) is 30.3 Å². The summed E-state index contributed by atoms with van der Waals surface area (Å²) in [6, 6.07) is 6.10. The molecule has 0 radical (unpaired) electrons. The minimum absolute atomic E-state index is 0.240. The normalized spacial score (nSPS) is 12.7. The third-order valence-corrected chi connectivity index (χ3v) is 4.71. The zero-order valence-electron chi connectivity index (χ0n) is 13.3. The molecule has 0 aliphatic heterocycles. The number of hydrogen-bond donors (Lipinski definition) is 1. The van der Waals surface area contributed by atoms with Crippen LogP contribution in [0.4, 0.5) is 0 Å². The monoisotopic (exact) mass is 330 g/mol. The van der Waals surface area contributed by atoms with Gasteiger partial charge in [-0.05, 0) is 32.4 Å². The van der Waals surface area contributed by atoms with Crippen LogP contribution in [0.1, 0.15) is 25.8 Å². The van der Waals surface area contributed by atoms with Crippen molar-refractivity contribution < 1.29 is 9.53 Å². The van der Waals surface area contributed by atoms with Gasteiger partial charge in [0.1, 0.15) is 10.8 Å². The SMILES string of the molecule is CCOC(=O)[C@H](CC)Sc1nnc2c(n1)[nH]c1ccc(C)cc12. The number of fused-ring (bicyclic) bond motifs is 3. The van der Waals surface area contributed by atoms with Crippen LogP contribution in [0.3, 0.4) is 0 Å². The second kappa shape index (κ2) is 6.54. The van der Waals surface area contributed by atoms with E-state index in [0.29, 0.717) is 23.8 Å². The lowest BCUT2D eigenvalue weighted by atomic mass is 10.2. The Morgan fingerprint density at radius 2 is 2.17 bits per heavy atom. The quantitative estimate of drug-likeness (QED) is 0.571. The van der Waals surface area contributed by atoms with Crippen LogP contribution in [0, 0.1) is 6.92 Å². The molecule has 0 fully saturated rings. The van der Waals surface area contributed by atoms with E-state index in [4.69, 9.17) is 4.74 Å². The third-order valence-electron chi connectivity index (χ3n) is 3.52. The Hall–Kier alpha value is -2.15. The highest BCUT2D eigenvalue weighted by atomic mass is 32.2. The average molecular weight is 330 g/mol. The number of thioether (sulfide) groups is 1. The van der Waals surface area contributed by atoms with Crippen molar-refractivity contribution in [1.82, 2.24) is 20.2 Å². The smallest absolute Gasteiger partial charge is 0.319 e. The minimum atomic E-state index is -0.319. The van der Waals surface area contributed by atoms with E-state index in [1.807, 2.05) is 26.0 Å². The standard InChI is InChI=1S/C16H18N4O2S/c1-4-12(15(21)22-5-2)23-16-18-14-13(19-20-16)10-8-9(3)6-7-11(10)17-14/h6-8,12H,4-5H2,1-3H3,(H,17,18,20)/t12-/m0/s1. The molecule has 0 unspecified atom stereocenters. The van der Waals surface area contributed by atoms with Crippen LogP contribution in [-0.4, -0.2) is 38.0 Å². The van der Waals surface area contributed by atoms with Crippen molar-refractivity contribution in [2.24, 2.45) is 0 Å². The van der Waals surface area contributed by atoms with Crippen molar-refractivity contribution in [3.05, 3.63) is 23.8 Å². The molecule has 6 nitrogen and oxygen atoms in total. The first-order chi connectivity index (χ1) is 11.1. The molecule has 7 heteroatoms. The molecular weight excluding hydrogens is 312 g/mol. The Labute approximate surface area is 138 Å². The van der Waals surface area contributed by atoms with Gasteiger partial charge in [-0.25, -0.2) is 4.98 Å². The molecule has 23 heavy (non-hydrogen) atoms. The van der Waals surface area contributed by atoms with E-state index in [2.05, 4.69) is 26.2 Å². The summed E-state index contributed by atoms with van der Waals surface area (Å²) in [6.07, 6.45) is 0.650. The molecule has 2 aromatic heterocycles. The zero-order valence-corrected chi connectivity index (χ0v) is 14.1. The lowest BCUT2D eigenvalue weighted by Crippen LogP contribution is -2.19. The van der Waals surface area contributed by atoms with E-state index < -0.39 is 0 Å². The summed E-state index contributed by atoms with van der Waals surface area (Å²) in [7, 11) is 0. The van der Waals surface area contributed by atoms with E-state index >= 15 is 0 Å². The van der Waals surface area contributed by atoms with Gasteiger partial charge in [-0.2, -0.15) is 0 Å². The number of nitrogens with zero attached hydrogens (tertiary/aromatic N) is 3. The number of H-pyrrole nitrogens is 1. The van der Waals surface area contributed by atoms with Crippen molar-refractivity contribution >= 4 is 39.8 Å². The highest BCUT2D eigenvalue weighted by Gasteiger charge is 2.21. The number of aryl methyl sites for hydroxylation is 1. The van der Waals surface area contributed by atoms with Crippen LogP contribution in [-0.2, 0) is 9.53 Å². The zero-order chi connectivity index (χ0) is 16.4. The Kier molecular flexibility index (Phi) is 4.47. The number of aromatic amines is 1. The Balaban J connectivity index is 1.93. The molecule has 0 aliphatic rings. The summed E-state index contributed by atoms with van der Waals surface area (Å²) in [6.45, 7) is 6.14. The number of rotatable bonds is 5. The van der Waals surface area contributed by atoms with Crippen LogP contribution in [0.2, 0.25) is 0 Å². The molecule has 2 heterocycles. The van der Waals surface area contributed by atoms with Crippen molar-refractivity contribution in [2.75, 3.05) is 6.61 Å². The Morgan fingerprint density at radius 1 is 1.35 bits per heavy atom.